The Kier molecular flexibility index (Phi) is 4.64. The summed E-state index contributed by atoms with van der Waals surface area (Å²) in [6.45, 7) is 0.896. The van der Waals surface area contributed by atoms with Crippen LogP contribution in [0.5, 0.6) is 11.5 Å². The molecule has 9 heteroatoms. The van der Waals surface area contributed by atoms with Gasteiger partial charge in [0.05, 0.1) is 33.1 Å². The van der Waals surface area contributed by atoms with Gasteiger partial charge in [0.1, 0.15) is 17.6 Å². The predicted molar refractivity (Wildman–Crippen MR) is 106 cm³/mol. The minimum absolute atomic E-state index is 0.115. The molecule has 0 aliphatic carbocycles. The van der Waals surface area contributed by atoms with Crippen molar-refractivity contribution in [3.05, 3.63) is 59.8 Å². The highest BCUT2D eigenvalue weighted by Gasteiger charge is 2.28. The molecule has 9 nitrogen and oxygen atoms in total. The van der Waals surface area contributed by atoms with E-state index in [4.69, 9.17) is 18.7 Å². The first-order chi connectivity index (χ1) is 14.7. The van der Waals surface area contributed by atoms with Gasteiger partial charge in [0, 0.05) is 5.56 Å². The van der Waals surface area contributed by atoms with E-state index in [0.717, 1.165) is 28.3 Å². The molecule has 0 fully saturated rings. The van der Waals surface area contributed by atoms with E-state index >= 15 is 0 Å². The molecule has 1 aliphatic heterocycles. The number of hydrogen-bond donors (Lipinski definition) is 0. The Morgan fingerprint density at radius 1 is 0.967 bits per heavy atom. The second-order valence-electron chi connectivity index (χ2n) is 6.79. The van der Waals surface area contributed by atoms with Gasteiger partial charge in [-0.1, -0.05) is 22.5 Å². The molecular weight excluding hydrogens is 386 g/mol. The van der Waals surface area contributed by atoms with Crippen molar-refractivity contribution in [2.24, 2.45) is 0 Å². The van der Waals surface area contributed by atoms with Crippen LogP contribution in [0.1, 0.15) is 17.4 Å². The van der Waals surface area contributed by atoms with Gasteiger partial charge in [-0.25, -0.2) is 4.68 Å². The summed E-state index contributed by atoms with van der Waals surface area (Å²) in [7, 11) is 3.27. The molecule has 1 atom stereocenters. The second kappa shape index (κ2) is 7.60. The number of methoxy groups -OCH3 is 2. The maximum Gasteiger partial charge on any atom is 0.280 e. The molecule has 0 amide bonds. The number of rotatable bonds is 5. The van der Waals surface area contributed by atoms with Crippen molar-refractivity contribution >= 4 is 0 Å². The first-order valence-electron chi connectivity index (χ1n) is 9.41. The molecule has 0 saturated carbocycles. The van der Waals surface area contributed by atoms with Crippen molar-refractivity contribution in [3.8, 4) is 34.5 Å². The zero-order chi connectivity index (χ0) is 20.5. The molecular formula is C21H19N5O4. The fourth-order valence-corrected chi connectivity index (χ4v) is 3.37. The number of hydrogen-bond acceptors (Lipinski definition) is 8. The highest BCUT2D eigenvalue weighted by molar-refractivity contribution is 5.59. The number of benzene rings is 2. The molecule has 4 aromatic rings. The van der Waals surface area contributed by atoms with Crippen LogP contribution in [0, 0.1) is 0 Å². The molecule has 30 heavy (non-hydrogen) atoms. The fraction of sp³-hybridized carbons (Fsp3) is 0.238. The third kappa shape index (κ3) is 3.29. The quantitative estimate of drug-likeness (QED) is 0.499. The van der Waals surface area contributed by atoms with E-state index in [1.165, 1.54) is 0 Å². The standard InChI is InChI=1S/C21H19N5O4/c1-27-15-7-3-13(4-8-15)18-11-26-17(12-29-18)19(23-25-26)21-22-20(24-30-21)14-5-9-16(28-2)10-6-14/h3-10,18H,11-12H2,1-2H3/t18-/m1/s1. The number of fused-ring (bicyclic) bond motifs is 1. The molecule has 1 aliphatic rings. The molecule has 0 saturated heterocycles. The van der Waals surface area contributed by atoms with E-state index in [2.05, 4.69) is 20.5 Å². The van der Waals surface area contributed by atoms with Gasteiger partial charge in [0.2, 0.25) is 5.82 Å². The summed E-state index contributed by atoms with van der Waals surface area (Å²) in [6, 6.07) is 15.3. The molecule has 152 valence electrons. The van der Waals surface area contributed by atoms with Crippen molar-refractivity contribution in [1.29, 1.82) is 0 Å². The SMILES string of the molecule is COc1ccc(-c2noc(-c3nnn4c3CO[C@@H](c3ccc(OC)cc3)C4)n2)cc1. The molecule has 5 rings (SSSR count). The Labute approximate surface area is 172 Å². The van der Waals surface area contributed by atoms with Gasteiger partial charge in [-0.3, -0.25) is 0 Å². The summed E-state index contributed by atoms with van der Waals surface area (Å²) < 4.78 is 23.7. The minimum atomic E-state index is -0.115. The molecule has 0 spiro atoms. The first kappa shape index (κ1) is 18.3. The van der Waals surface area contributed by atoms with Gasteiger partial charge in [0.15, 0.2) is 5.69 Å². The zero-order valence-corrected chi connectivity index (χ0v) is 16.5. The summed E-state index contributed by atoms with van der Waals surface area (Å²) >= 11 is 0. The van der Waals surface area contributed by atoms with E-state index in [1.54, 1.807) is 14.2 Å². The molecule has 0 N–H and O–H groups in total. The molecule has 3 heterocycles. The van der Waals surface area contributed by atoms with Crippen LogP contribution in [0.3, 0.4) is 0 Å². The average molecular weight is 405 g/mol. The van der Waals surface area contributed by atoms with Crippen molar-refractivity contribution in [2.45, 2.75) is 19.3 Å². The maximum atomic E-state index is 6.06. The summed E-state index contributed by atoms with van der Waals surface area (Å²) in [5, 5.41) is 12.6. The van der Waals surface area contributed by atoms with Gasteiger partial charge in [-0.15, -0.1) is 5.10 Å². The van der Waals surface area contributed by atoms with Gasteiger partial charge in [-0.05, 0) is 42.0 Å². The van der Waals surface area contributed by atoms with E-state index < -0.39 is 0 Å². The van der Waals surface area contributed by atoms with Gasteiger partial charge < -0.3 is 18.7 Å². The Bertz CT molecular complexity index is 1150. The fourth-order valence-electron chi connectivity index (χ4n) is 3.37. The molecule has 0 unspecified atom stereocenters. The van der Waals surface area contributed by atoms with Crippen molar-refractivity contribution in [3.63, 3.8) is 0 Å². The maximum absolute atomic E-state index is 6.06. The van der Waals surface area contributed by atoms with Crippen LogP contribution >= 0.6 is 0 Å². The molecule has 0 bridgehead atoms. The van der Waals surface area contributed by atoms with Crippen LogP contribution < -0.4 is 9.47 Å². The average Bonchev–Trinajstić information content (AvgIpc) is 3.46. The second-order valence-corrected chi connectivity index (χ2v) is 6.79. The lowest BCUT2D eigenvalue weighted by atomic mass is 10.1. The summed E-state index contributed by atoms with van der Waals surface area (Å²) in [6.07, 6.45) is -0.115. The monoisotopic (exact) mass is 405 g/mol. The summed E-state index contributed by atoms with van der Waals surface area (Å²) in [5.41, 5.74) is 3.22. The minimum Gasteiger partial charge on any atom is -0.497 e. The van der Waals surface area contributed by atoms with Crippen LogP contribution in [-0.4, -0.2) is 39.4 Å². The van der Waals surface area contributed by atoms with Crippen molar-refractivity contribution in [1.82, 2.24) is 25.1 Å². The number of aromatic nitrogens is 5. The lowest BCUT2D eigenvalue weighted by Gasteiger charge is -2.24. The topological polar surface area (TPSA) is 97.3 Å². The third-order valence-corrected chi connectivity index (χ3v) is 5.06. The molecule has 2 aromatic carbocycles. The van der Waals surface area contributed by atoms with E-state index in [9.17, 15) is 0 Å². The van der Waals surface area contributed by atoms with Crippen LogP contribution in [-0.2, 0) is 17.9 Å². The van der Waals surface area contributed by atoms with E-state index in [-0.39, 0.29) is 6.10 Å². The van der Waals surface area contributed by atoms with Crippen LogP contribution in [0.2, 0.25) is 0 Å². The zero-order valence-electron chi connectivity index (χ0n) is 16.5. The van der Waals surface area contributed by atoms with Crippen molar-refractivity contribution < 1.29 is 18.7 Å². The van der Waals surface area contributed by atoms with E-state index in [0.29, 0.717) is 30.6 Å². The highest BCUT2D eigenvalue weighted by Crippen LogP contribution is 2.31. The first-order valence-corrected chi connectivity index (χ1v) is 9.41. The molecule has 0 radical (unpaired) electrons. The van der Waals surface area contributed by atoms with Crippen molar-refractivity contribution in [2.75, 3.05) is 14.2 Å². The Morgan fingerprint density at radius 2 is 1.67 bits per heavy atom. The van der Waals surface area contributed by atoms with E-state index in [1.807, 2.05) is 53.2 Å². The summed E-state index contributed by atoms with van der Waals surface area (Å²) in [5.74, 6) is 2.36. The van der Waals surface area contributed by atoms with Crippen LogP contribution in [0.25, 0.3) is 23.0 Å². The number of nitrogens with zero attached hydrogens (tertiary/aromatic N) is 5. The highest BCUT2D eigenvalue weighted by atomic mass is 16.5. The third-order valence-electron chi connectivity index (χ3n) is 5.06. The van der Waals surface area contributed by atoms with Crippen LogP contribution in [0.4, 0.5) is 0 Å². The lowest BCUT2D eigenvalue weighted by molar-refractivity contribution is -0.00119. The molecule has 2 aromatic heterocycles. The smallest absolute Gasteiger partial charge is 0.280 e. The Balaban J connectivity index is 1.37. The largest absolute Gasteiger partial charge is 0.497 e. The lowest BCUT2D eigenvalue weighted by Crippen LogP contribution is -2.22. The Morgan fingerprint density at radius 3 is 2.37 bits per heavy atom. The van der Waals surface area contributed by atoms with Gasteiger partial charge >= 0.3 is 0 Å². The summed E-state index contributed by atoms with van der Waals surface area (Å²) in [4.78, 5) is 4.48. The number of ether oxygens (including phenoxy) is 3. The predicted octanol–water partition coefficient (Wildman–Crippen LogP) is 3.28. The Hall–Kier alpha value is -3.72. The van der Waals surface area contributed by atoms with Crippen LogP contribution in [0.15, 0.2) is 53.1 Å². The van der Waals surface area contributed by atoms with Gasteiger partial charge in [-0.2, -0.15) is 4.98 Å². The van der Waals surface area contributed by atoms with Gasteiger partial charge in [0.25, 0.3) is 5.89 Å². The normalized spacial score (nSPS) is 15.6.